The second-order valence-electron chi connectivity index (χ2n) is 6.39. The first-order valence-corrected chi connectivity index (χ1v) is 15.9. The molecule has 4 aromatic carbocycles. The summed E-state index contributed by atoms with van der Waals surface area (Å²) in [5.41, 5.74) is 0. The maximum atomic E-state index is 2.64. The van der Waals surface area contributed by atoms with Gasteiger partial charge in [-0.1, -0.05) is 72.8 Å². The summed E-state index contributed by atoms with van der Waals surface area (Å²) in [7, 11) is -1.91. The fraction of sp³-hybridized carbons (Fsp3) is 0. The predicted octanol–water partition coefficient (Wildman–Crippen LogP) is 4.86. The highest BCUT2D eigenvalue weighted by molar-refractivity contribution is 14.1. The van der Waals surface area contributed by atoms with Gasteiger partial charge in [0.2, 0.25) is 0 Å². The van der Waals surface area contributed by atoms with E-state index in [9.17, 15) is 0 Å². The third-order valence-corrected chi connectivity index (χ3v) is 12.1. The van der Waals surface area contributed by atoms with E-state index in [0.717, 1.165) is 0 Å². The van der Waals surface area contributed by atoms with E-state index in [1.165, 1.54) is 21.2 Å². The number of hydrogen-bond donors (Lipinski definition) is 0. The Hall–Kier alpha value is 0.0800. The van der Waals surface area contributed by atoms with Crippen molar-refractivity contribution in [1.82, 2.24) is 0 Å². The first-order chi connectivity index (χ1) is 16.2. The van der Waals surface area contributed by atoms with Crippen LogP contribution in [0.25, 0.3) is 0 Å². The highest BCUT2D eigenvalue weighted by atomic mass is 127. The zero-order chi connectivity index (χ0) is 23.8. The number of hydrogen-bond acceptors (Lipinski definition) is 0. The van der Waals surface area contributed by atoms with Crippen molar-refractivity contribution in [3.63, 3.8) is 0 Å². The Morgan fingerprint density at radius 1 is 0.353 bits per heavy atom. The van der Waals surface area contributed by atoms with Crippen LogP contribution in [-0.4, -0.2) is 0 Å². The van der Waals surface area contributed by atoms with Crippen molar-refractivity contribution in [3.05, 3.63) is 121 Å². The fourth-order valence-electron chi connectivity index (χ4n) is 3.50. The van der Waals surface area contributed by atoms with Crippen molar-refractivity contribution < 1.29 is 24.0 Å². The molecule has 4 aromatic rings. The first-order valence-electron chi connectivity index (χ1n) is 9.79. The molecular formula is C28H20I5P. The van der Waals surface area contributed by atoms with Crippen LogP contribution < -0.4 is 45.2 Å². The Labute approximate surface area is 275 Å². The summed E-state index contributed by atoms with van der Waals surface area (Å²) in [6.07, 6.45) is 0. The van der Waals surface area contributed by atoms with Gasteiger partial charge >= 0.3 is 0 Å². The molecule has 172 valence electrons. The van der Waals surface area contributed by atoms with E-state index >= 15 is 0 Å². The summed E-state index contributed by atoms with van der Waals surface area (Å²) in [5, 5.41) is 5.55. The summed E-state index contributed by atoms with van der Waals surface area (Å²) >= 11 is 7.93. The second kappa shape index (κ2) is 19.2. The average Bonchev–Trinajstić information content (AvgIpc) is 2.92. The standard InChI is InChI=1S/C24H20P.2C2I2.HI/c1-5-13-21(14-6-1)25(22-15-7-2-8-16-22,23-17-9-3-10-18-23)24-19-11-4-12-20-24;2*3-1-2-4;/h1-20H;;;1H/q+1;;;/p-1. The van der Waals surface area contributed by atoms with Gasteiger partial charge in [-0.25, -0.2) is 0 Å². The Balaban J connectivity index is 0.000000563. The zero-order valence-corrected chi connectivity index (χ0v) is 29.6. The molecule has 0 saturated heterocycles. The van der Waals surface area contributed by atoms with Crippen molar-refractivity contribution in [2.45, 2.75) is 0 Å². The maximum Gasteiger partial charge on any atom is 0.144 e. The van der Waals surface area contributed by atoms with Gasteiger partial charge in [0.05, 0.1) is 0 Å². The molecule has 0 spiro atoms. The van der Waals surface area contributed by atoms with Crippen molar-refractivity contribution >= 4 is 119 Å². The highest BCUT2D eigenvalue weighted by Gasteiger charge is 2.47. The van der Waals surface area contributed by atoms with E-state index in [1.54, 1.807) is 0 Å². The Bertz CT molecular complexity index is 1000. The Morgan fingerprint density at radius 3 is 0.676 bits per heavy atom. The summed E-state index contributed by atoms with van der Waals surface area (Å²) in [6, 6.07) is 43.8. The summed E-state index contributed by atoms with van der Waals surface area (Å²) in [4.78, 5) is 0. The lowest BCUT2D eigenvalue weighted by molar-refractivity contribution is -0.00000579. The largest absolute Gasteiger partial charge is 1.00 e. The minimum Gasteiger partial charge on any atom is -1.00 e. The van der Waals surface area contributed by atoms with Gasteiger partial charge in [-0.15, -0.1) is 0 Å². The van der Waals surface area contributed by atoms with Gasteiger partial charge in [0, 0.05) is 90.4 Å². The van der Waals surface area contributed by atoms with E-state index in [0.29, 0.717) is 0 Å². The molecule has 0 amide bonds. The van der Waals surface area contributed by atoms with Gasteiger partial charge in [-0.05, 0) is 64.2 Å². The quantitative estimate of drug-likeness (QED) is 0.156. The van der Waals surface area contributed by atoms with Crippen molar-refractivity contribution in [2.75, 3.05) is 0 Å². The normalized spacial score (nSPS) is 9.06. The van der Waals surface area contributed by atoms with Crippen molar-refractivity contribution in [3.8, 4) is 15.7 Å². The molecule has 0 aliphatic heterocycles. The minimum absolute atomic E-state index is 0. The van der Waals surface area contributed by atoms with E-state index in [1.807, 2.05) is 90.4 Å². The molecule has 0 aliphatic rings. The average molecular weight is 1020 g/mol. The van der Waals surface area contributed by atoms with Crippen LogP contribution in [0.5, 0.6) is 0 Å². The van der Waals surface area contributed by atoms with E-state index < -0.39 is 7.26 Å². The smallest absolute Gasteiger partial charge is 0.144 e. The second-order valence-corrected chi connectivity index (χ2v) is 12.0. The van der Waals surface area contributed by atoms with Crippen LogP contribution in [0.4, 0.5) is 0 Å². The Kier molecular flexibility index (Phi) is 18.2. The molecular weight excluding hydrogens is 1000 g/mol. The summed E-state index contributed by atoms with van der Waals surface area (Å²) in [6.45, 7) is 0. The molecule has 34 heavy (non-hydrogen) atoms. The minimum atomic E-state index is -1.91. The molecule has 0 heterocycles. The molecule has 0 saturated carbocycles. The van der Waals surface area contributed by atoms with Gasteiger partial charge in [-0.2, -0.15) is 0 Å². The van der Waals surface area contributed by atoms with Crippen molar-refractivity contribution in [2.24, 2.45) is 0 Å². The topological polar surface area (TPSA) is 0 Å². The van der Waals surface area contributed by atoms with Crippen LogP contribution in [0.1, 0.15) is 0 Å². The predicted molar refractivity (Wildman–Crippen MR) is 183 cm³/mol. The molecule has 0 N–H and O–H groups in total. The monoisotopic (exact) mass is 1020 g/mol. The molecule has 0 atom stereocenters. The van der Waals surface area contributed by atoms with Gasteiger partial charge < -0.3 is 24.0 Å². The lowest BCUT2D eigenvalue weighted by Crippen LogP contribution is -3.00. The summed E-state index contributed by atoms with van der Waals surface area (Å²) in [5.74, 6) is 0. The third-order valence-electron chi connectivity index (χ3n) is 4.65. The van der Waals surface area contributed by atoms with Gasteiger partial charge in [0.25, 0.3) is 0 Å². The van der Waals surface area contributed by atoms with E-state index in [2.05, 4.69) is 137 Å². The van der Waals surface area contributed by atoms with Crippen LogP contribution in [0.2, 0.25) is 0 Å². The zero-order valence-electron chi connectivity index (χ0n) is 17.9. The van der Waals surface area contributed by atoms with Crippen molar-refractivity contribution in [1.29, 1.82) is 0 Å². The van der Waals surface area contributed by atoms with E-state index in [-0.39, 0.29) is 24.0 Å². The Morgan fingerprint density at radius 2 is 0.529 bits per heavy atom. The van der Waals surface area contributed by atoms with Gasteiger partial charge in [0.15, 0.2) is 0 Å². The van der Waals surface area contributed by atoms with Crippen LogP contribution in [-0.2, 0) is 0 Å². The van der Waals surface area contributed by atoms with Crippen LogP contribution >= 0.6 is 97.6 Å². The maximum absolute atomic E-state index is 2.64. The molecule has 0 radical (unpaired) electrons. The first kappa shape index (κ1) is 32.1. The lowest BCUT2D eigenvalue weighted by Gasteiger charge is -2.27. The number of halogens is 5. The molecule has 0 fully saturated rings. The van der Waals surface area contributed by atoms with Crippen LogP contribution in [0.3, 0.4) is 0 Å². The molecule has 6 heteroatoms. The van der Waals surface area contributed by atoms with Crippen LogP contribution in [0.15, 0.2) is 121 Å². The SMILES string of the molecule is IC#CI.IC#CI.[I-].c1ccc([P+](c2ccccc2)(c2ccccc2)c2ccccc2)cc1. The molecule has 0 aromatic heterocycles. The number of rotatable bonds is 4. The third kappa shape index (κ3) is 9.19. The fourth-order valence-corrected chi connectivity index (χ4v) is 7.77. The van der Waals surface area contributed by atoms with Gasteiger partial charge in [-0.3, -0.25) is 0 Å². The van der Waals surface area contributed by atoms with Crippen LogP contribution in [0, 0.1) is 15.7 Å². The molecule has 0 bridgehead atoms. The highest BCUT2D eigenvalue weighted by Crippen LogP contribution is 2.53. The molecule has 0 nitrogen and oxygen atoms in total. The molecule has 0 aliphatic carbocycles. The molecule has 4 rings (SSSR count). The van der Waals surface area contributed by atoms with E-state index in [4.69, 9.17) is 0 Å². The lowest BCUT2D eigenvalue weighted by atomic mass is 10.3. The van der Waals surface area contributed by atoms with Gasteiger partial charge in [0.1, 0.15) is 28.5 Å². The molecule has 0 unspecified atom stereocenters. The summed E-state index contributed by atoms with van der Waals surface area (Å²) < 4.78 is 10.5. The number of benzene rings is 4.